The number of ether oxygens (including phenoxy) is 3. The Bertz CT molecular complexity index is 834. The molecule has 0 spiro atoms. The average Bonchev–Trinajstić information content (AvgIpc) is 2.68. The molecule has 0 saturated carbocycles. The van der Waals surface area contributed by atoms with Gasteiger partial charge in [-0.05, 0) is 49.2 Å². The molecule has 0 aliphatic rings. The summed E-state index contributed by atoms with van der Waals surface area (Å²) in [5, 5.41) is 3.36. The lowest BCUT2D eigenvalue weighted by Gasteiger charge is -2.14. The van der Waals surface area contributed by atoms with Crippen molar-refractivity contribution in [2.24, 2.45) is 0 Å². The molecule has 150 valence electrons. The van der Waals surface area contributed by atoms with Crippen LogP contribution >= 0.6 is 23.2 Å². The highest BCUT2D eigenvalue weighted by molar-refractivity contribution is 6.36. The number of hydrogen-bond donors (Lipinski definition) is 1. The standard InChI is InChI=1S/C20H21Cl2NO5/c1-12(20(25)23-18-6-5-14(21)10-17(18)22)28-19(24)7-4-13-8-15(26-2)11-16(9-13)27-3/h5-6,8-12H,4,7H2,1-3H3,(H,23,25). The van der Waals surface area contributed by atoms with E-state index in [0.717, 1.165) is 5.56 Å². The van der Waals surface area contributed by atoms with Crippen molar-refractivity contribution in [3.8, 4) is 11.5 Å². The van der Waals surface area contributed by atoms with Crippen LogP contribution in [0.3, 0.4) is 0 Å². The van der Waals surface area contributed by atoms with Crippen LogP contribution in [0.25, 0.3) is 0 Å². The van der Waals surface area contributed by atoms with Gasteiger partial charge >= 0.3 is 5.97 Å². The SMILES string of the molecule is COc1cc(CCC(=O)OC(C)C(=O)Nc2ccc(Cl)cc2Cl)cc(OC)c1. The first kappa shape index (κ1) is 21.9. The maximum Gasteiger partial charge on any atom is 0.306 e. The van der Waals surface area contributed by atoms with E-state index in [1.807, 2.05) is 12.1 Å². The minimum atomic E-state index is -0.973. The van der Waals surface area contributed by atoms with Gasteiger partial charge in [0.2, 0.25) is 0 Å². The minimum Gasteiger partial charge on any atom is -0.497 e. The van der Waals surface area contributed by atoms with Gasteiger partial charge in [-0.25, -0.2) is 0 Å². The second kappa shape index (κ2) is 10.2. The lowest BCUT2D eigenvalue weighted by Crippen LogP contribution is -2.30. The predicted octanol–water partition coefficient (Wildman–Crippen LogP) is 4.51. The summed E-state index contributed by atoms with van der Waals surface area (Å²) in [6, 6.07) is 10.1. The van der Waals surface area contributed by atoms with Gasteiger partial charge in [0, 0.05) is 17.5 Å². The van der Waals surface area contributed by atoms with Crippen LogP contribution in [0.15, 0.2) is 36.4 Å². The Kier molecular flexibility index (Phi) is 7.96. The van der Waals surface area contributed by atoms with Gasteiger partial charge < -0.3 is 19.5 Å². The molecule has 0 aliphatic carbocycles. The molecular weight excluding hydrogens is 405 g/mol. The quantitative estimate of drug-likeness (QED) is 0.629. The number of halogens is 2. The highest BCUT2D eigenvalue weighted by atomic mass is 35.5. The second-order valence-corrected chi connectivity index (χ2v) is 6.81. The van der Waals surface area contributed by atoms with Crippen molar-refractivity contribution in [2.75, 3.05) is 19.5 Å². The van der Waals surface area contributed by atoms with Crippen molar-refractivity contribution in [2.45, 2.75) is 25.9 Å². The molecule has 0 bridgehead atoms. The molecule has 0 heterocycles. The Hall–Kier alpha value is -2.44. The number of benzene rings is 2. The third kappa shape index (κ3) is 6.32. The van der Waals surface area contributed by atoms with E-state index in [9.17, 15) is 9.59 Å². The topological polar surface area (TPSA) is 73.9 Å². The Morgan fingerprint density at radius 2 is 1.68 bits per heavy atom. The molecular formula is C20H21Cl2NO5. The van der Waals surface area contributed by atoms with Crippen molar-refractivity contribution in [1.29, 1.82) is 0 Å². The van der Waals surface area contributed by atoms with Gasteiger partial charge in [0.05, 0.1) is 24.9 Å². The van der Waals surface area contributed by atoms with Crippen LogP contribution in [-0.4, -0.2) is 32.2 Å². The van der Waals surface area contributed by atoms with E-state index in [-0.39, 0.29) is 6.42 Å². The van der Waals surface area contributed by atoms with Crippen molar-refractivity contribution in [3.05, 3.63) is 52.0 Å². The lowest BCUT2D eigenvalue weighted by molar-refractivity contribution is -0.153. The van der Waals surface area contributed by atoms with Gasteiger partial charge in [-0.1, -0.05) is 23.2 Å². The summed E-state index contributed by atoms with van der Waals surface area (Å²) in [6.45, 7) is 1.49. The fourth-order valence-electron chi connectivity index (χ4n) is 2.39. The Morgan fingerprint density at radius 1 is 1.04 bits per heavy atom. The van der Waals surface area contributed by atoms with Crippen LogP contribution in [0.1, 0.15) is 18.9 Å². The summed E-state index contributed by atoms with van der Waals surface area (Å²) in [5.74, 6) is 0.290. The average molecular weight is 426 g/mol. The maximum absolute atomic E-state index is 12.2. The Balaban J connectivity index is 1.89. The van der Waals surface area contributed by atoms with Gasteiger partial charge in [-0.2, -0.15) is 0 Å². The van der Waals surface area contributed by atoms with Crippen molar-refractivity contribution < 1.29 is 23.8 Å². The largest absolute Gasteiger partial charge is 0.497 e. The molecule has 0 saturated heterocycles. The molecule has 2 aromatic rings. The summed E-state index contributed by atoms with van der Waals surface area (Å²) in [7, 11) is 3.11. The van der Waals surface area contributed by atoms with E-state index in [2.05, 4.69) is 5.32 Å². The fraction of sp³-hybridized carbons (Fsp3) is 0.300. The van der Waals surface area contributed by atoms with Gasteiger partial charge in [-0.15, -0.1) is 0 Å². The van der Waals surface area contributed by atoms with Gasteiger partial charge in [0.25, 0.3) is 5.91 Å². The first-order chi connectivity index (χ1) is 13.3. The predicted molar refractivity (Wildman–Crippen MR) is 109 cm³/mol. The summed E-state index contributed by atoms with van der Waals surface area (Å²) in [5.41, 5.74) is 1.25. The first-order valence-electron chi connectivity index (χ1n) is 8.49. The van der Waals surface area contributed by atoms with E-state index in [4.69, 9.17) is 37.4 Å². The number of esters is 1. The third-order valence-corrected chi connectivity index (χ3v) is 4.44. The molecule has 1 atom stereocenters. The molecule has 2 rings (SSSR count). The van der Waals surface area contributed by atoms with Crippen molar-refractivity contribution in [3.63, 3.8) is 0 Å². The molecule has 28 heavy (non-hydrogen) atoms. The maximum atomic E-state index is 12.2. The molecule has 2 aromatic carbocycles. The number of hydrogen-bond acceptors (Lipinski definition) is 5. The van der Waals surface area contributed by atoms with Crippen LogP contribution in [0.4, 0.5) is 5.69 Å². The van der Waals surface area contributed by atoms with E-state index in [1.54, 1.807) is 32.4 Å². The zero-order chi connectivity index (χ0) is 20.7. The van der Waals surface area contributed by atoms with Crippen molar-refractivity contribution in [1.82, 2.24) is 0 Å². The second-order valence-electron chi connectivity index (χ2n) is 5.97. The number of carbonyl (C=O) groups is 2. The van der Waals surface area contributed by atoms with Gasteiger partial charge in [0.1, 0.15) is 11.5 Å². The lowest BCUT2D eigenvalue weighted by atomic mass is 10.1. The number of rotatable bonds is 8. The van der Waals surface area contributed by atoms with Gasteiger partial charge in [0.15, 0.2) is 6.10 Å². The number of amides is 1. The van der Waals surface area contributed by atoms with E-state index >= 15 is 0 Å². The van der Waals surface area contributed by atoms with E-state index in [1.165, 1.54) is 13.0 Å². The smallest absolute Gasteiger partial charge is 0.306 e. The minimum absolute atomic E-state index is 0.107. The molecule has 6 nitrogen and oxygen atoms in total. The number of nitrogens with one attached hydrogen (secondary N) is 1. The van der Waals surface area contributed by atoms with Crippen LogP contribution in [0.5, 0.6) is 11.5 Å². The summed E-state index contributed by atoms with van der Waals surface area (Å²) >= 11 is 11.8. The molecule has 1 unspecified atom stereocenters. The van der Waals surface area contributed by atoms with E-state index < -0.39 is 18.0 Å². The summed E-state index contributed by atoms with van der Waals surface area (Å²) < 4.78 is 15.6. The molecule has 0 aromatic heterocycles. The van der Waals surface area contributed by atoms with Crippen LogP contribution < -0.4 is 14.8 Å². The molecule has 0 aliphatic heterocycles. The molecule has 1 amide bonds. The normalized spacial score (nSPS) is 11.5. The van der Waals surface area contributed by atoms with Gasteiger partial charge in [-0.3, -0.25) is 9.59 Å². The zero-order valence-electron chi connectivity index (χ0n) is 15.8. The zero-order valence-corrected chi connectivity index (χ0v) is 17.3. The third-order valence-electron chi connectivity index (χ3n) is 3.90. The van der Waals surface area contributed by atoms with Crippen LogP contribution in [0.2, 0.25) is 10.0 Å². The highest BCUT2D eigenvalue weighted by Crippen LogP contribution is 2.26. The molecule has 0 radical (unpaired) electrons. The fourth-order valence-corrected chi connectivity index (χ4v) is 2.85. The van der Waals surface area contributed by atoms with E-state index in [0.29, 0.717) is 33.7 Å². The number of anilines is 1. The summed E-state index contributed by atoms with van der Waals surface area (Å²) in [6.07, 6.45) is -0.446. The monoisotopic (exact) mass is 425 g/mol. The Morgan fingerprint density at radius 3 is 2.25 bits per heavy atom. The molecule has 0 fully saturated rings. The number of carbonyl (C=O) groups excluding carboxylic acids is 2. The van der Waals surface area contributed by atoms with Crippen LogP contribution in [-0.2, 0) is 20.7 Å². The molecule has 1 N–H and O–H groups in total. The highest BCUT2D eigenvalue weighted by Gasteiger charge is 2.19. The first-order valence-corrected chi connectivity index (χ1v) is 9.25. The van der Waals surface area contributed by atoms with Crippen LogP contribution in [0, 0.1) is 0 Å². The number of aryl methyl sites for hydroxylation is 1. The Labute approximate surface area is 173 Å². The number of methoxy groups -OCH3 is 2. The van der Waals surface area contributed by atoms with Crippen molar-refractivity contribution >= 4 is 40.8 Å². The molecule has 8 heteroatoms. The summed E-state index contributed by atoms with van der Waals surface area (Å²) in [4.78, 5) is 24.3.